The molecule has 0 aliphatic heterocycles. The lowest BCUT2D eigenvalue weighted by Crippen LogP contribution is -2.45. The smallest absolute Gasteiger partial charge is 0.0675 e. The van der Waals surface area contributed by atoms with Crippen LogP contribution in [0.5, 0.6) is 0 Å². The van der Waals surface area contributed by atoms with E-state index in [1.165, 1.54) is 10.4 Å². The fraction of sp³-hybridized carbons (Fsp3) is 0.143. The Hall–Kier alpha value is -1.13. The van der Waals surface area contributed by atoms with Gasteiger partial charge < -0.3 is 0 Å². The zero-order valence-electron chi connectivity index (χ0n) is 9.35. The van der Waals surface area contributed by atoms with E-state index < -0.39 is 8.80 Å². The summed E-state index contributed by atoms with van der Waals surface area (Å²) in [5.41, 5.74) is 0. The largest absolute Gasteiger partial charge is 0.120 e. The minimum atomic E-state index is -0.703. The van der Waals surface area contributed by atoms with Crippen LogP contribution in [0.15, 0.2) is 60.7 Å². The van der Waals surface area contributed by atoms with E-state index in [0.717, 1.165) is 0 Å². The van der Waals surface area contributed by atoms with Gasteiger partial charge in [-0.1, -0.05) is 83.1 Å². The summed E-state index contributed by atoms with van der Waals surface area (Å²) in [4.78, 5) is 0. The van der Waals surface area contributed by atoms with Crippen molar-refractivity contribution in [2.24, 2.45) is 0 Å². The van der Waals surface area contributed by atoms with E-state index in [9.17, 15) is 0 Å². The van der Waals surface area contributed by atoms with Gasteiger partial charge in [0.2, 0.25) is 0 Å². The molecule has 2 heteroatoms. The Bertz CT molecular complexity index is 384. The zero-order valence-corrected chi connectivity index (χ0v) is 11.4. The Kier molecular flexibility index (Phi) is 3.75. The lowest BCUT2D eigenvalue weighted by atomic mass is 10.4. The number of hydrogen-bond acceptors (Lipinski definition) is 0. The molecule has 2 rings (SSSR count). The predicted octanol–water partition coefficient (Wildman–Crippen LogP) is 1.81. The van der Waals surface area contributed by atoms with E-state index in [-0.39, 0.29) is 0 Å². The maximum absolute atomic E-state index is 3.81. The summed E-state index contributed by atoms with van der Waals surface area (Å²) in [6, 6.07) is 21.6. The van der Waals surface area contributed by atoms with Crippen molar-refractivity contribution in [2.45, 2.75) is 12.1 Å². The normalized spacial score (nSPS) is 12.7. The first-order chi connectivity index (χ1) is 7.79. The van der Waals surface area contributed by atoms with Gasteiger partial charge in [0.1, 0.15) is 8.80 Å². The highest BCUT2D eigenvalue weighted by Gasteiger charge is 2.19. The second-order valence-corrected chi connectivity index (χ2v) is 8.16. The van der Waals surface area contributed by atoms with Gasteiger partial charge in [0.15, 0.2) is 0 Å². The summed E-state index contributed by atoms with van der Waals surface area (Å²) in [6.07, 6.45) is 0. The quantitative estimate of drug-likeness (QED) is 0.716. The van der Waals surface area contributed by atoms with Crippen LogP contribution in [0.25, 0.3) is 0 Å². The summed E-state index contributed by atoms with van der Waals surface area (Å²) in [7, 11) is 3.11. The fourth-order valence-electron chi connectivity index (χ4n) is 1.90. The summed E-state index contributed by atoms with van der Waals surface area (Å²) < 4.78 is 0. The van der Waals surface area contributed by atoms with E-state index in [1.54, 1.807) is 0 Å². The molecule has 2 aromatic carbocycles. The van der Waals surface area contributed by atoms with Crippen molar-refractivity contribution in [3.05, 3.63) is 60.7 Å². The van der Waals surface area contributed by atoms with Crippen LogP contribution in [0, 0.1) is 0 Å². The van der Waals surface area contributed by atoms with Crippen molar-refractivity contribution in [2.75, 3.05) is 0 Å². The highest BCUT2D eigenvalue weighted by atomic mass is 28.3. The molecule has 1 atom stereocenters. The van der Waals surface area contributed by atoms with Gasteiger partial charge in [0.25, 0.3) is 0 Å². The molecule has 0 spiro atoms. The highest BCUT2D eigenvalue weighted by Crippen LogP contribution is 2.05. The van der Waals surface area contributed by atoms with Crippen LogP contribution in [0.4, 0.5) is 0 Å². The summed E-state index contributed by atoms with van der Waals surface area (Å²) in [6.45, 7) is 2.24. The van der Waals surface area contributed by atoms with E-state index in [4.69, 9.17) is 0 Å². The Morgan fingerprint density at radius 2 is 1.19 bits per heavy atom. The van der Waals surface area contributed by atoms with Crippen LogP contribution in [0.3, 0.4) is 0 Å². The number of rotatable bonds is 3. The molecular weight excluding hydrogens is 224 g/mol. The second-order valence-electron chi connectivity index (χ2n) is 3.87. The van der Waals surface area contributed by atoms with E-state index in [2.05, 4.69) is 77.8 Å². The van der Waals surface area contributed by atoms with Gasteiger partial charge in [-0.15, -0.1) is 0 Å². The van der Waals surface area contributed by atoms with Gasteiger partial charge in [-0.2, -0.15) is 0 Å². The lowest BCUT2D eigenvalue weighted by molar-refractivity contribution is 1.32. The molecule has 0 bridgehead atoms. The van der Waals surface area contributed by atoms with Gasteiger partial charge in [0.05, 0.1) is 0 Å². The van der Waals surface area contributed by atoms with Gasteiger partial charge >= 0.3 is 0 Å². The van der Waals surface area contributed by atoms with Crippen molar-refractivity contribution < 1.29 is 0 Å². The van der Waals surface area contributed by atoms with E-state index in [1.807, 2.05) is 0 Å². The van der Waals surface area contributed by atoms with Crippen LogP contribution in [0.1, 0.15) is 6.92 Å². The van der Waals surface area contributed by atoms with Crippen molar-refractivity contribution in [3.63, 3.8) is 0 Å². The van der Waals surface area contributed by atoms with Gasteiger partial charge in [0, 0.05) is 10.2 Å². The van der Waals surface area contributed by atoms with E-state index >= 15 is 0 Å². The van der Waals surface area contributed by atoms with Crippen LogP contribution < -0.4 is 10.4 Å². The van der Waals surface area contributed by atoms with Crippen LogP contribution in [0.2, 0.25) is 5.16 Å². The topological polar surface area (TPSA) is 0 Å². The van der Waals surface area contributed by atoms with Gasteiger partial charge in [-0.25, -0.2) is 0 Å². The third-order valence-electron chi connectivity index (χ3n) is 2.60. The van der Waals surface area contributed by atoms with Crippen molar-refractivity contribution in [1.29, 1.82) is 0 Å². The van der Waals surface area contributed by atoms with Crippen molar-refractivity contribution in [1.82, 2.24) is 0 Å². The molecule has 0 nitrogen and oxygen atoms in total. The van der Waals surface area contributed by atoms with Gasteiger partial charge in [-0.3, -0.25) is 0 Å². The Morgan fingerprint density at radius 3 is 1.50 bits per heavy atom. The Labute approximate surface area is 102 Å². The van der Waals surface area contributed by atoms with E-state index in [0.29, 0.717) is 5.16 Å². The van der Waals surface area contributed by atoms with Crippen LogP contribution >= 0.6 is 0 Å². The summed E-state index contributed by atoms with van der Waals surface area (Å²) in [5.74, 6) is 0. The molecule has 0 aliphatic carbocycles. The standard InChI is InChI=1S/C14H14Si2/c1-12(15)16(13-8-4-2-5-9-13)14-10-6-3-7-11-14/h2-12H,1H3. The first-order valence-electron chi connectivity index (χ1n) is 5.48. The second kappa shape index (κ2) is 5.28. The molecule has 1 unspecified atom stereocenters. The molecule has 0 saturated heterocycles. The fourth-order valence-corrected chi connectivity index (χ4v) is 5.34. The monoisotopic (exact) mass is 238 g/mol. The van der Waals surface area contributed by atoms with Crippen LogP contribution in [-0.2, 0) is 0 Å². The molecule has 2 aromatic rings. The number of benzene rings is 2. The molecule has 0 saturated carbocycles. The maximum atomic E-state index is 3.81. The van der Waals surface area contributed by atoms with Crippen LogP contribution in [-0.4, -0.2) is 19.0 Å². The summed E-state index contributed by atoms with van der Waals surface area (Å²) in [5, 5.41) is 3.44. The third kappa shape index (κ3) is 2.51. The Morgan fingerprint density at radius 1 is 0.812 bits per heavy atom. The SMILES string of the molecule is CC([Si])[Si](c1ccccc1)c1ccccc1. The predicted molar refractivity (Wildman–Crippen MR) is 73.1 cm³/mol. The maximum Gasteiger partial charge on any atom is 0.120 e. The lowest BCUT2D eigenvalue weighted by Gasteiger charge is -2.19. The summed E-state index contributed by atoms with van der Waals surface area (Å²) >= 11 is 0. The van der Waals surface area contributed by atoms with Crippen molar-refractivity contribution in [3.8, 4) is 0 Å². The minimum absolute atomic E-state index is 0.523. The van der Waals surface area contributed by atoms with Crippen molar-refractivity contribution >= 4 is 29.4 Å². The highest BCUT2D eigenvalue weighted by molar-refractivity contribution is 6.90. The minimum Gasteiger partial charge on any atom is -0.0675 e. The Balaban J connectivity index is 2.40. The molecular formula is C14H14Si2. The van der Waals surface area contributed by atoms with Gasteiger partial charge in [-0.05, 0) is 0 Å². The zero-order chi connectivity index (χ0) is 11.4. The first-order valence-corrected chi connectivity index (χ1v) is 7.63. The average Bonchev–Trinajstić information content (AvgIpc) is 2.31. The molecule has 0 aliphatic rings. The molecule has 0 N–H and O–H groups in total. The molecule has 78 valence electrons. The molecule has 0 amide bonds. The third-order valence-corrected chi connectivity index (χ3v) is 6.25. The molecule has 0 aromatic heterocycles. The number of hydrogen-bond donors (Lipinski definition) is 0. The molecule has 4 radical (unpaired) electrons. The molecule has 16 heavy (non-hydrogen) atoms. The molecule has 0 fully saturated rings. The first kappa shape index (κ1) is 11.4. The average molecular weight is 238 g/mol. The molecule has 0 heterocycles.